The van der Waals surface area contributed by atoms with Crippen LogP contribution in [0.5, 0.6) is 0 Å². The molecule has 0 radical (unpaired) electrons. The Labute approximate surface area is 173 Å². The van der Waals surface area contributed by atoms with Gasteiger partial charge in [0.2, 0.25) is 5.91 Å². The van der Waals surface area contributed by atoms with Gasteiger partial charge in [0.05, 0.1) is 22.3 Å². The molecule has 3 amide bonds. The number of fused-ring (bicyclic) bond motifs is 1. The molecule has 7 nitrogen and oxygen atoms in total. The van der Waals surface area contributed by atoms with Crippen molar-refractivity contribution in [2.45, 2.75) is 5.16 Å². The molecule has 0 bridgehead atoms. The fraction of sp³-hybridized carbons (Fsp3) is 0.100. The quantitative estimate of drug-likeness (QED) is 0.356. The molecule has 3 rings (SSSR count). The molecular formula is C20H16F2N4O3S. The summed E-state index contributed by atoms with van der Waals surface area (Å²) < 4.78 is 28.7. The Morgan fingerprint density at radius 3 is 2.70 bits per heavy atom. The first kappa shape index (κ1) is 21.2. The van der Waals surface area contributed by atoms with Gasteiger partial charge in [0.15, 0.2) is 5.16 Å². The zero-order valence-corrected chi connectivity index (χ0v) is 16.3. The van der Waals surface area contributed by atoms with Gasteiger partial charge in [-0.15, -0.1) is 6.58 Å². The van der Waals surface area contributed by atoms with Crippen LogP contribution in [-0.2, 0) is 4.79 Å². The lowest BCUT2D eigenvalue weighted by molar-refractivity contribution is -0.117. The zero-order valence-electron chi connectivity index (χ0n) is 15.5. The Bertz CT molecular complexity index is 1200. The SMILES string of the molecule is C=CCNC(=O)NC(=O)CSc1nc2ccccc2c(=O)n1-c1ccc(F)cc1F. The number of rotatable bonds is 6. The number of hydrogen-bond donors (Lipinski definition) is 2. The summed E-state index contributed by atoms with van der Waals surface area (Å²) in [6, 6.07) is 8.56. The van der Waals surface area contributed by atoms with Gasteiger partial charge >= 0.3 is 6.03 Å². The average Bonchev–Trinajstić information content (AvgIpc) is 2.72. The van der Waals surface area contributed by atoms with Gasteiger partial charge in [0, 0.05) is 12.6 Å². The molecule has 10 heteroatoms. The van der Waals surface area contributed by atoms with Gasteiger partial charge in [-0.2, -0.15) is 0 Å². The van der Waals surface area contributed by atoms with Gasteiger partial charge in [0.25, 0.3) is 5.56 Å². The molecule has 0 aliphatic carbocycles. The minimum absolute atomic E-state index is 0.0193. The standard InChI is InChI=1S/C20H16F2N4O3S/c1-2-9-23-19(29)25-17(27)11-30-20-24-15-6-4-3-5-13(15)18(28)26(20)16-8-7-12(21)10-14(16)22/h2-8,10H,1,9,11H2,(H2,23,25,27,29). The van der Waals surface area contributed by atoms with Crippen molar-refractivity contribution in [1.82, 2.24) is 20.2 Å². The number of imide groups is 1. The van der Waals surface area contributed by atoms with Gasteiger partial charge in [-0.05, 0) is 24.3 Å². The number of aromatic nitrogens is 2. The number of halogens is 2. The molecule has 0 aliphatic heterocycles. The second-order valence-corrected chi connectivity index (χ2v) is 6.93. The highest BCUT2D eigenvalue weighted by Gasteiger charge is 2.18. The monoisotopic (exact) mass is 430 g/mol. The summed E-state index contributed by atoms with van der Waals surface area (Å²) in [4.78, 5) is 41.0. The van der Waals surface area contributed by atoms with E-state index in [0.717, 1.165) is 28.5 Å². The van der Waals surface area contributed by atoms with E-state index in [1.54, 1.807) is 18.2 Å². The molecule has 0 saturated heterocycles. The van der Waals surface area contributed by atoms with Crippen LogP contribution in [0.2, 0.25) is 0 Å². The fourth-order valence-corrected chi connectivity index (χ4v) is 3.39. The van der Waals surface area contributed by atoms with E-state index in [-0.39, 0.29) is 28.5 Å². The van der Waals surface area contributed by atoms with E-state index < -0.39 is 29.1 Å². The number of nitrogens with zero attached hydrogens (tertiary/aromatic N) is 2. The van der Waals surface area contributed by atoms with Crippen LogP contribution in [0, 0.1) is 11.6 Å². The number of carbonyl (C=O) groups excluding carboxylic acids is 2. The molecule has 30 heavy (non-hydrogen) atoms. The van der Waals surface area contributed by atoms with Crippen LogP contribution in [0.15, 0.2) is 65.1 Å². The van der Waals surface area contributed by atoms with Crippen molar-refractivity contribution in [3.8, 4) is 5.69 Å². The maximum absolute atomic E-state index is 14.4. The van der Waals surface area contributed by atoms with Crippen molar-refractivity contribution in [3.63, 3.8) is 0 Å². The van der Waals surface area contributed by atoms with E-state index in [1.807, 2.05) is 0 Å². The third-order valence-corrected chi connectivity index (χ3v) is 4.83. The summed E-state index contributed by atoms with van der Waals surface area (Å²) in [5, 5.41) is 4.76. The Morgan fingerprint density at radius 2 is 1.97 bits per heavy atom. The molecule has 1 heterocycles. The van der Waals surface area contributed by atoms with Crippen molar-refractivity contribution >= 4 is 34.6 Å². The zero-order chi connectivity index (χ0) is 21.7. The first-order valence-corrected chi connectivity index (χ1v) is 9.68. The van der Waals surface area contributed by atoms with E-state index >= 15 is 0 Å². The normalized spacial score (nSPS) is 10.6. The molecular weight excluding hydrogens is 414 g/mol. The third kappa shape index (κ3) is 4.71. The van der Waals surface area contributed by atoms with E-state index in [9.17, 15) is 23.2 Å². The van der Waals surface area contributed by atoms with Crippen molar-refractivity contribution in [3.05, 3.63) is 77.1 Å². The van der Waals surface area contributed by atoms with Crippen molar-refractivity contribution in [2.24, 2.45) is 0 Å². The van der Waals surface area contributed by atoms with Crippen LogP contribution in [0.1, 0.15) is 0 Å². The fourth-order valence-electron chi connectivity index (χ4n) is 2.59. The molecule has 1 aromatic heterocycles. The highest BCUT2D eigenvalue weighted by atomic mass is 32.2. The van der Waals surface area contributed by atoms with Gasteiger partial charge in [-0.25, -0.2) is 18.6 Å². The second-order valence-electron chi connectivity index (χ2n) is 5.98. The van der Waals surface area contributed by atoms with E-state index in [2.05, 4.69) is 22.2 Å². The van der Waals surface area contributed by atoms with E-state index in [0.29, 0.717) is 11.6 Å². The number of para-hydroxylation sites is 1. The second kappa shape index (κ2) is 9.31. The van der Waals surface area contributed by atoms with Crippen molar-refractivity contribution in [2.75, 3.05) is 12.3 Å². The van der Waals surface area contributed by atoms with Crippen LogP contribution in [0.3, 0.4) is 0 Å². The van der Waals surface area contributed by atoms with Gasteiger partial charge in [0.1, 0.15) is 11.6 Å². The third-order valence-electron chi connectivity index (χ3n) is 3.89. The van der Waals surface area contributed by atoms with Gasteiger partial charge in [-0.3, -0.25) is 19.5 Å². The molecule has 0 atom stereocenters. The first-order valence-electron chi connectivity index (χ1n) is 8.69. The van der Waals surface area contributed by atoms with Gasteiger partial charge in [-0.1, -0.05) is 30.0 Å². The van der Waals surface area contributed by atoms with E-state index in [1.165, 1.54) is 12.1 Å². The predicted molar refractivity (Wildman–Crippen MR) is 110 cm³/mol. The maximum Gasteiger partial charge on any atom is 0.321 e. The van der Waals surface area contributed by atoms with Crippen molar-refractivity contribution in [1.29, 1.82) is 0 Å². The molecule has 2 N–H and O–H groups in total. The molecule has 0 saturated carbocycles. The lowest BCUT2D eigenvalue weighted by Gasteiger charge is -2.14. The highest BCUT2D eigenvalue weighted by Crippen LogP contribution is 2.23. The van der Waals surface area contributed by atoms with Crippen LogP contribution < -0.4 is 16.2 Å². The number of amides is 3. The van der Waals surface area contributed by atoms with Crippen LogP contribution in [0.4, 0.5) is 13.6 Å². The molecule has 2 aromatic carbocycles. The summed E-state index contributed by atoms with van der Waals surface area (Å²) in [6.07, 6.45) is 1.45. The topological polar surface area (TPSA) is 93.1 Å². The number of hydrogen-bond acceptors (Lipinski definition) is 5. The minimum Gasteiger partial charge on any atom is -0.334 e. The molecule has 0 fully saturated rings. The summed E-state index contributed by atoms with van der Waals surface area (Å²) in [5.74, 6) is -2.66. The Balaban J connectivity index is 1.97. The Hall–Kier alpha value is -3.53. The van der Waals surface area contributed by atoms with Crippen LogP contribution in [0.25, 0.3) is 16.6 Å². The van der Waals surface area contributed by atoms with Crippen molar-refractivity contribution < 1.29 is 18.4 Å². The lowest BCUT2D eigenvalue weighted by Crippen LogP contribution is -2.40. The minimum atomic E-state index is -0.954. The average molecular weight is 430 g/mol. The number of thioether (sulfide) groups is 1. The van der Waals surface area contributed by atoms with Crippen LogP contribution >= 0.6 is 11.8 Å². The number of benzene rings is 2. The Kier molecular flexibility index (Phi) is 6.58. The summed E-state index contributed by atoms with van der Waals surface area (Å²) in [7, 11) is 0. The number of nitrogens with one attached hydrogen (secondary N) is 2. The number of carbonyl (C=O) groups is 2. The lowest BCUT2D eigenvalue weighted by atomic mass is 10.2. The number of urea groups is 1. The molecule has 0 aliphatic rings. The Morgan fingerprint density at radius 1 is 1.20 bits per heavy atom. The summed E-state index contributed by atoms with van der Waals surface area (Å²) >= 11 is 0.837. The molecule has 0 spiro atoms. The molecule has 3 aromatic rings. The molecule has 154 valence electrons. The largest absolute Gasteiger partial charge is 0.334 e. The summed E-state index contributed by atoms with van der Waals surface area (Å²) in [6.45, 7) is 3.63. The molecule has 0 unspecified atom stereocenters. The van der Waals surface area contributed by atoms with E-state index in [4.69, 9.17) is 0 Å². The van der Waals surface area contributed by atoms with Crippen LogP contribution in [-0.4, -0.2) is 33.8 Å². The first-order chi connectivity index (χ1) is 14.4. The predicted octanol–water partition coefficient (Wildman–Crippen LogP) is 2.77. The maximum atomic E-state index is 14.4. The smallest absolute Gasteiger partial charge is 0.321 e. The van der Waals surface area contributed by atoms with Gasteiger partial charge < -0.3 is 5.32 Å². The summed E-state index contributed by atoms with van der Waals surface area (Å²) in [5.41, 5.74) is -0.420. The highest BCUT2D eigenvalue weighted by molar-refractivity contribution is 7.99.